The molecule has 0 unspecified atom stereocenters. The lowest BCUT2D eigenvalue weighted by molar-refractivity contribution is -0.139. The first-order chi connectivity index (χ1) is 9.51. The number of nitrogens with one attached hydrogen (secondary N) is 1. The van der Waals surface area contributed by atoms with E-state index in [1.54, 1.807) is 30.3 Å². The van der Waals surface area contributed by atoms with Gasteiger partial charge in [0, 0.05) is 16.3 Å². The number of esters is 1. The number of halogens is 1. The zero-order valence-electron chi connectivity index (χ0n) is 11.2. The number of aromatic nitrogens is 1. The van der Waals surface area contributed by atoms with E-state index in [1.807, 2.05) is 6.92 Å². The topological polar surface area (TPSA) is 59.2 Å². The molecule has 4 nitrogen and oxygen atoms in total. The van der Waals surface area contributed by atoms with E-state index in [2.05, 4.69) is 9.72 Å². The third-order valence-corrected chi connectivity index (χ3v) is 3.22. The van der Waals surface area contributed by atoms with Gasteiger partial charge in [-0.05, 0) is 42.8 Å². The number of carbonyl (C=O) groups excluding carboxylic acids is 2. The third kappa shape index (κ3) is 3.08. The van der Waals surface area contributed by atoms with E-state index in [4.69, 9.17) is 11.6 Å². The summed E-state index contributed by atoms with van der Waals surface area (Å²) in [7, 11) is 1.33. The Labute approximate surface area is 121 Å². The summed E-state index contributed by atoms with van der Waals surface area (Å²) in [6.07, 6.45) is 0.116. The molecule has 0 spiro atoms. The fourth-order valence-electron chi connectivity index (χ4n) is 1.93. The number of hydrogen-bond donors (Lipinski definition) is 1. The fourth-order valence-corrected chi connectivity index (χ4v) is 2.06. The van der Waals surface area contributed by atoms with Gasteiger partial charge in [0.05, 0.1) is 19.2 Å². The minimum absolute atomic E-state index is 0.116. The highest BCUT2D eigenvalue weighted by Gasteiger charge is 2.16. The molecular weight excluding hydrogens is 278 g/mol. The van der Waals surface area contributed by atoms with Crippen molar-refractivity contribution in [2.75, 3.05) is 7.11 Å². The van der Waals surface area contributed by atoms with Crippen molar-refractivity contribution in [2.45, 2.75) is 13.3 Å². The first kappa shape index (κ1) is 14.3. The van der Waals surface area contributed by atoms with Gasteiger partial charge in [-0.3, -0.25) is 9.59 Å². The standard InChI is InChI=1S/C15H14ClNO3/c1-9-7-12(8-13(18)20-2)17-14(9)15(19)10-3-5-11(16)6-4-10/h3-7,17H,8H2,1-2H3. The van der Waals surface area contributed by atoms with Crippen LogP contribution >= 0.6 is 11.6 Å². The molecule has 0 radical (unpaired) electrons. The number of aromatic amines is 1. The number of hydrogen-bond acceptors (Lipinski definition) is 3. The van der Waals surface area contributed by atoms with E-state index in [9.17, 15) is 9.59 Å². The van der Waals surface area contributed by atoms with Crippen LogP contribution in [0.4, 0.5) is 0 Å². The van der Waals surface area contributed by atoms with Gasteiger partial charge in [-0.25, -0.2) is 0 Å². The van der Waals surface area contributed by atoms with Gasteiger partial charge in [0.15, 0.2) is 0 Å². The largest absolute Gasteiger partial charge is 0.469 e. The van der Waals surface area contributed by atoms with Crippen LogP contribution in [0.15, 0.2) is 30.3 Å². The molecule has 1 heterocycles. The van der Waals surface area contributed by atoms with Gasteiger partial charge in [0.25, 0.3) is 0 Å². The van der Waals surface area contributed by atoms with Crippen LogP contribution in [0.2, 0.25) is 5.02 Å². The van der Waals surface area contributed by atoms with Crippen LogP contribution in [0.3, 0.4) is 0 Å². The van der Waals surface area contributed by atoms with Crippen molar-refractivity contribution in [1.82, 2.24) is 4.98 Å². The lowest BCUT2D eigenvalue weighted by Crippen LogP contribution is -2.06. The lowest BCUT2D eigenvalue weighted by atomic mass is 10.1. The van der Waals surface area contributed by atoms with E-state index in [0.29, 0.717) is 22.0 Å². The molecule has 0 bridgehead atoms. The maximum Gasteiger partial charge on any atom is 0.311 e. The van der Waals surface area contributed by atoms with E-state index >= 15 is 0 Å². The average molecular weight is 292 g/mol. The number of ether oxygens (including phenoxy) is 1. The van der Waals surface area contributed by atoms with Crippen molar-refractivity contribution in [3.05, 3.63) is 57.9 Å². The maximum absolute atomic E-state index is 12.4. The quantitative estimate of drug-likeness (QED) is 0.696. The summed E-state index contributed by atoms with van der Waals surface area (Å²) in [5.74, 6) is -0.480. The van der Waals surface area contributed by atoms with Gasteiger partial charge in [0.1, 0.15) is 0 Å². The molecule has 2 rings (SSSR count). The SMILES string of the molecule is COC(=O)Cc1cc(C)c(C(=O)c2ccc(Cl)cc2)[nH]1. The summed E-state index contributed by atoms with van der Waals surface area (Å²) in [5, 5.41) is 0.580. The first-order valence-corrected chi connectivity index (χ1v) is 6.44. The number of benzene rings is 1. The Morgan fingerprint density at radius 1 is 1.25 bits per heavy atom. The third-order valence-electron chi connectivity index (χ3n) is 2.97. The minimum atomic E-state index is -0.350. The van der Waals surface area contributed by atoms with Crippen LogP contribution < -0.4 is 0 Å². The Morgan fingerprint density at radius 2 is 1.90 bits per heavy atom. The lowest BCUT2D eigenvalue weighted by Gasteiger charge is -2.01. The van der Waals surface area contributed by atoms with Gasteiger partial charge in [0.2, 0.25) is 5.78 Å². The van der Waals surface area contributed by atoms with Gasteiger partial charge in [-0.15, -0.1) is 0 Å². The molecule has 104 valence electrons. The summed E-state index contributed by atoms with van der Waals surface area (Å²) < 4.78 is 4.60. The molecule has 0 aliphatic heterocycles. The first-order valence-electron chi connectivity index (χ1n) is 6.07. The van der Waals surface area contributed by atoms with E-state index in [0.717, 1.165) is 5.56 Å². The highest BCUT2D eigenvalue weighted by Crippen LogP contribution is 2.17. The Morgan fingerprint density at radius 3 is 2.50 bits per heavy atom. The maximum atomic E-state index is 12.4. The van der Waals surface area contributed by atoms with Crippen molar-refractivity contribution in [3.8, 4) is 0 Å². The van der Waals surface area contributed by atoms with Gasteiger partial charge >= 0.3 is 5.97 Å². The number of carbonyl (C=O) groups is 2. The van der Waals surface area contributed by atoms with Crippen molar-refractivity contribution in [1.29, 1.82) is 0 Å². The Bertz CT molecular complexity index is 644. The molecule has 1 aromatic carbocycles. The highest BCUT2D eigenvalue weighted by molar-refractivity contribution is 6.30. The number of H-pyrrole nitrogens is 1. The molecular formula is C15H14ClNO3. The van der Waals surface area contributed by atoms with Gasteiger partial charge < -0.3 is 9.72 Å². The number of methoxy groups -OCH3 is 1. The van der Waals surface area contributed by atoms with Crippen LogP contribution in [-0.2, 0) is 16.0 Å². The molecule has 2 aromatic rings. The second kappa shape index (κ2) is 5.92. The Hall–Kier alpha value is -2.07. The highest BCUT2D eigenvalue weighted by atomic mass is 35.5. The zero-order chi connectivity index (χ0) is 14.7. The summed E-state index contributed by atoms with van der Waals surface area (Å²) in [4.78, 5) is 26.6. The molecule has 0 atom stereocenters. The van der Waals surface area contributed by atoms with Crippen molar-refractivity contribution in [3.63, 3.8) is 0 Å². The van der Waals surface area contributed by atoms with Crippen LogP contribution in [0.1, 0.15) is 27.3 Å². The average Bonchev–Trinajstić information content (AvgIpc) is 2.79. The smallest absolute Gasteiger partial charge is 0.311 e. The monoisotopic (exact) mass is 291 g/mol. The van der Waals surface area contributed by atoms with Crippen LogP contribution in [0, 0.1) is 6.92 Å². The molecule has 0 aliphatic carbocycles. The number of aryl methyl sites for hydroxylation is 1. The van der Waals surface area contributed by atoms with Crippen molar-refractivity contribution >= 4 is 23.4 Å². The van der Waals surface area contributed by atoms with Crippen molar-refractivity contribution in [2.24, 2.45) is 0 Å². The molecule has 0 saturated heterocycles. The Kier molecular flexibility index (Phi) is 4.25. The molecule has 0 saturated carbocycles. The zero-order valence-corrected chi connectivity index (χ0v) is 12.0. The molecule has 0 fully saturated rings. The van der Waals surface area contributed by atoms with E-state index in [-0.39, 0.29) is 18.2 Å². The van der Waals surface area contributed by atoms with Gasteiger partial charge in [-0.1, -0.05) is 11.6 Å². The molecule has 1 N–H and O–H groups in total. The summed E-state index contributed by atoms with van der Waals surface area (Å²) in [5.41, 5.74) is 2.48. The van der Waals surface area contributed by atoms with Gasteiger partial charge in [-0.2, -0.15) is 0 Å². The molecule has 0 aliphatic rings. The second-order valence-corrected chi connectivity index (χ2v) is 4.88. The summed E-state index contributed by atoms with van der Waals surface area (Å²) in [6.45, 7) is 1.82. The number of ketones is 1. The summed E-state index contributed by atoms with van der Waals surface area (Å²) >= 11 is 5.80. The van der Waals surface area contributed by atoms with Crippen LogP contribution in [-0.4, -0.2) is 23.8 Å². The fraction of sp³-hybridized carbons (Fsp3) is 0.200. The molecule has 20 heavy (non-hydrogen) atoms. The van der Waals surface area contributed by atoms with Crippen molar-refractivity contribution < 1.29 is 14.3 Å². The second-order valence-electron chi connectivity index (χ2n) is 4.44. The Balaban J connectivity index is 2.26. The predicted molar refractivity (Wildman–Crippen MR) is 76.1 cm³/mol. The van der Waals surface area contributed by atoms with E-state index < -0.39 is 0 Å². The summed E-state index contributed by atoms with van der Waals surface area (Å²) in [6, 6.07) is 8.46. The normalized spacial score (nSPS) is 10.3. The molecule has 0 amide bonds. The van der Waals surface area contributed by atoms with E-state index in [1.165, 1.54) is 7.11 Å². The van der Waals surface area contributed by atoms with Crippen LogP contribution in [0.5, 0.6) is 0 Å². The number of rotatable bonds is 4. The van der Waals surface area contributed by atoms with Crippen LogP contribution in [0.25, 0.3) is 0 Å². The molecule has 1 aromatic heterocycles. The predicted octanol–water partition coefficient (Wildman–Crippen LogP) is 2.92. The molecule has 5 heteroatoms. The minimum Gasteiger partial charge on any atom is -0.469 e.